The lowest BCUT2D eigenvalue weighted by atomic mass is 10.1. The average Bonchev–Trinajstić information content (AvgIpc) is 3.18. The van der Waals surface area contributed by atoms with Gasteiger partial charge in [0, 0.05) is 18.0 Å². The molecule has 124 valence electrons. The molecule has 3 aromatic rings. The summed E-state index contributed by atoms with van der Waals surface area (Å²) < 4.78 is 1.92. The minimum atomic E-state index is 0.0175. The summed E-state index contributed by atoms with van der Waals surface area (Å²) in [6, 6.07) is 12.2. The number of aryl methyl sites for hydroxylation is 1. The summed E-state index contributed by atoms with van der Waals surface area (Å²) in [6.07, 6.45) is 2.15. The number of para-hydroxylation sites is 1. The fraction of sp³-hybridized carbons (Fsp3) is 0.333. The first-order chi connectivity index (χ1) is 11.7. The van der Waals surface area contributed by atoms with E-state index in [1.165, 1.54) is 11.3 Å². The molecule has 6 heteroatoms. The molecule has 0 spiro atoms. The number of nitrogens with zero attached hydrogens (tertiary/aromatic N) is 2. The summed E-state index contributed by atoms with van der Waals surface area (Å²) in [6.45, 7) is 3.88. The molecule has 1 unspecified atom stereocenters. The van der Waals surface area contributed by atoms with E-state index >= 15 is 0 Å². The van der Waals surface area contributed by atoms with Gasteiger partial charge in [0.25, 0.3) is 5.91 Å². The Kier molecular flexibility index (Phi) is 4.08. The van der Waals surface area contributed by atoms with Gasteiger partial charge in [-0.05, 0) is 44.5 Å². The first-order valence-electron chi connectivity index (χ1n) is 8.28. The van der Waals surface area contributed by atoms with Crippen LogP contribution in [-0.2, 0) is 0 Å². The lowest BCUT2D eigenvalue weighted by Gasteiger charge is -2.23. The van der Waals surface area contributed by atoms with Crippen LogP contribution in [0.5, 0.6) is 0 Å². The molecule has 0 radical (unpaired) electrons. The summed E-state index contributed by atoms with van der Waals surface area (Å²) in [4.78, 5) is 14.4. The van der Waals surface area contributed by atoms with Gasteiger partial charge in [-0.3, -0.25) is 4.79 Å². The van der Waals surface area contributed by atoms with Crippen molar-refractivity contribution >= 4 is 27.5 Å². The van der Waals surface area contributed by atoms with Gasteiger partial charge >= 0.3 is 0 Å². The fourth-order valence-corrected chi connectivity index (χ4v) is 4.22. The Morgan fingerprint density at radius 3 is 2.96 bits per heavy atom. The molecule has 24 heavy (non-hydrogen) atoms. The van der Waals surface area contributed by atoms with Crippen LogP contribution in [-0.4, -0.2) is 34.8 Å². The van der Waals surface area contributed by atoms with Crippen molar-refractivity contribution in [1.82, 2.24) is 20.4 Å². The van der Waals surface area contributed by atoms with E-state index in [-0.39, 0.29) is 11.9 Å². The van der Waals surface area contributed by atoms with Crippen LogP contribution in [0.1, 0.15) is 28.2 Å². The Labute approximate surface area is 144 Å². The van der Waals surface area contributed by atoms with Gasteiger partial charge in [-0.1, -0.05) is 18.2 Å². The van der Waals surface area contributed by atoms with E-state index in [9.17, 15) is 4.79 Å². The highest BCUT2D eigenvalue weighted by Gasteiger charge is 2.20. The number of hydrogen-bond acceptors (Lipinski definition) is 4. The largest absolute Gasteiger partial charge is 0.347 e. The maximum atomic E-state index is 12.6. The van der Waals surface area contributed by atoms with Gasteiger partial charge in [-0.15, -0.1) is 11.3 Å². The van der Waals surface area contributed by atoms with Gasteiger partial charge in [-0.25, -0.2) is 4.68 Å². The Morgan fingerprint density at radius 2 is 2.21 bits per heavy atom. The standard InChI is InChI=1S/C18H20N4OS/c1-12-15-10-16(17(23)20-13-6-5-9-19-11-13)24-18(15)22(21-12)14-7-3-2-4-8-14/h2-4,7-8,10,13,19H,5-6,9,11H2,1H3,(H,20,23). The van der Waals surface area contributed by atoms with Crippen LogP contribution >= 0.6 is 11.3 Å². The molecular weight excluding hydrogens is 320 g/mol. The SMILES string of the molecule is Cc1nn(-c2ccccc2)c2sc(C(=O)NC3CCCNC3)cc12. The molecule has 0 bridgehead atoms. The Balaban J connectivity index is 1.64. The zero-order valence-corrected chi connectivity index (χ0v) is 14.4. The number of carbonyl (C=O) groups is 1. The summed E-state index contributed by atoms with van der Waals surface area (Å²) in [5.41, 5.74) is 1.96. The number of thiophene rings is 1. The Morgan fingerprint density at radius 1 is 1.38 bits per heavy atom. The molecule has 1 aliphatic heterocycles. The molecule has 1 atom stereocenters. The minimum absolute atomic E-state index is 0.0175. The second-order valence-electron chi connectivity index (χ2n) is 6.18. The highest BCUT2D eigenvalue weighted by Crippen LogP contribution is 2.30. The minimum Gasteiger partial charge on any atom is -0.347 e. The number of carbonyl (C=O) groups excluding carboxylic acids is 1. The van der Waals surface area contributed by atoms with Crippen molar-refractivity contribution in [2.24, 2.45) is 0 Å². The van der Waals surface area contributed by atoms with Crippen LogP contribution in [0.25, 0.3) is 15.9 Å². The van der Waals surface area contributed by atoms with Crippen molar-refractivity contribution < 1.29 is 4.79 Å². The van der Waals surface area contributed by atoms with E-state index in [2.05, 4.69) is 15.7 Å². The number of amides is 1. The Hall–Kier alpha value is -2.18. The molecule has 1 fully saturated rings. The number of benzene rings is 1. The van der Waals surface area contributed by atoms with Crippen molar-refractivity contribution in [2.45, 2.75) is 25.8 Å². The van der Waals surface area contributed by atoms with Crippen molar-refractivity contribution in [1.29, 1.82) is 0 Å². The maximum Gasteiger partial charge on any atom is 0.261 e. The lowest BCUT2D eigenvalue weighted by Crippen LogP contribution is -2.45. The molecule has 0 saturated carbocycles. The van der Waals surface area contributed by atoms with Gasteiger partial charge in [0.2, 0.25) is 0 Å². The molecule has 2 N–H and O–H groups in total. The summed E-state index contributed by atoms with van der Waals surface area (Å²) >= 11 is 1.50. The maximum absolute atomic E-state index is 12.6. The number of nitrogens with one attached hydrogen (secondary N) is 2. The highest BCUT2D eigenvalue weighted by molar-refractivity contribution is 7.20. The highest BCUT2D eigenvalue weighted by atomic mass is 32.1. The summed E-state index contributed by atoms with van der Waals surface area (Å²) in [7, 11) is 0. The van der Waals surface area contributed by atoms with Crippen molar-refractivity contribution in [3.8, 4) is 5.69 Å². The quantitative estimate of drug-likeness (QED) is 0.771. The van der Waals surface area contributed by atoms with Crippen LogP contribution in [0, 0.1) is 6.92 Å². The van der Waals surface area contributed by atoms with Crippen LogP contribution < -0.4 is 10.6 Å². The first kappa shape index (κ1) is 15.4. The molecule has 3 heterocycles. The second kappa shape index (κ2) is 6.37. The number of rotatable bonds is 3. The molecule has 5 nitrogen and oxygen atoms in total. The van der Waals surface area contributed by atoms with Crippen molar-refractivity contribution in [2.75, 3.05) is 13.1 Å². The molecule has 1 amide bonds. The fourth-order valence-electron chi connectivity index (χ4n) is 3.13. The van der Waals surface area contributed by atoms with Crippen molar-refractivity contribution in [3.05, 3.63) is 47.0 Å². The summed E-state index contributed by atoms with van der Waals surface area (Å²) in [5, 5.41) is 12.1. The van der Waals surface area contributed by atoms with E-state index in [0.717, 1.165) is 52.4 Å². The normalized spacial score (nSPS) is 18.0. The first-order valence-corrected chi connectivity index (χ1v) is 9.10. The molecule has 1 aliphatic rings. The van der Waals surface area contributed by atoms with Gasteiger partial charge in [0.1, 0.15) is 4.83 Å². The van der Waals surface area contributed by atoms with Crippen molar-refractivity contribution in [3.63, 3.8) is 0 Å². The smallest absolute Gasteiger partial charge is 0.261 e. The van der Waals surface area contributed by atoms with E-state index < -0.39 is 0 Å². The molecule has 1 saturated heterocycles. The van der Waals surface area contributed by atoms with Gasteiger partial charge < -0.3 is 10.6 Å². The monoisotopic (exact) mass is 340 g/mol. The van der Waals surface area contributed by atoms with Gasteiger partial charge in [0.05, 0.1) is 16.3 Å². The number of aromatic nitrogens is 2. The topological polar surface area (TPSA) is 59.0 Å². The number of hydrogen-bond donors (Lipinski definition) is 2. The van der Waals surface area contributed by atoms with Crippen LogP contribution in [0.15, 0.2) is 36.4 Å². The third-order valence-corrected chi connectivity index (χ3v) is 5.51. The Bertz CT molecular complexity index is 862. The third kappa shape index (κ3) is 2.83. The van der Waals surface area contributed by atoms with E-state index in [1.807, 2.05) is 48.0 Å². The van der Waals surface area contributed by atoms with Crippen LogP contribution in [0.4, 0.5) is 0 Å². The lowest BCUT2D eigenvalue weighted by molar-refractivity contribution is 0.0935. The summed E-state index contributed by atoms with van der Waals surface area (Å²) in [5.74, 6) is 0.0175. The second-order valence-corrected chi connectivity index (χ2v) is 7.21. The molecule has 1 aromatic carbocycles. The van der Waals surface area contributed by atoms with E-state index in [0.29, 0.717) is 0 Å². The molecular formula is C18H20N4OS. The number of piperidine rings is 1. The van der Waals surface area contributed by atoms with Crippen LogP contribution in [0.3, 0.4) is 0 Å². The number of fused-ring (bicyclic) bond motifs is 1. The van der Waals surface area contributed by atoms with E-state index in [4.69, 9.17) is 0 Å². The zero-order chi connectivity index (χ0) is 16.5. The molecule has 4 rings (SSSR count). The van der Waals surface area contributed by atoms with Gasteiger partial charge in [0.15, 0.2) is 0 Å². The van der Waals surface area contributed by atoms with Crippen LogP contribution in [0.2, 0.25) is 0 Å². The predicted molar refractivity (Wildman–Crippen MR) is 97.0 cm³/mol. The van der Waals surface area contributed by atoms with E-state index in [1.54, 1.807) is 0 Å². The molecule has 2 aromatic heterocycles. The average molecular weight is 340 g/mol. The zero-order valence-electron chi connectivity index (χ0n) is 13.6. The third-order valence-electron chi connectivity index (χ3n) is 4.40. The van der Waals surface area contributed by atoms with Gasteiger partial charge in [-0.2, -0.15) is 5.10 Å². The predicted octanol–water partition coefficient (Wildman–Crippen LogP) is 2.88. The molecule has 0 aliphatic carbocycles.